The topological polar surface area (TPSA) is 63.1 Å². The molecule has 3 rings (SSSR count). The van der Waals surface area contributed by atoms with Gasteiger partial charge in [-0.15, -0.1) is 0 Å². The summed E-state index contributed by atoms with van der Waals surface area (Å²) >= 11 is 0. The van der Waals surface area contributed by atoms with Crippen molar-refractivity contribution >= 4 is 11.7 Å². The van der Waals surface area contributed by atoms with E-state index in [-0.39, 0.29) is 18.5 Å². The number of piperidine rings is 1. The average molecular weight is 285 g/mol. The molecule has 0 aromatic carbocycles. The Morgan fingerprint density at radius 3 is 3.05 bits per heavy atom. The Labute approximate surface area is 123 Å². The third-order valence-electron chi connectivity index (χ3n) is 3.62. The summed E-state index contributed by atoms with van der Waals surface area (Å²) in [5.41, 5.74) is 0. The van der Waals surface area contributed by atoms with Crippen molar-refractivity contribution in [3.05, 3.63) is 42.9 Å². The molecule has 6 nitrogen and oxygen atoms in total. The Morgan fingerprint density at radius 1 is 1.33 bits per heavy atom. The van der Waals surface area contributed by atoms with Crippen molar-refractivity contribution in [3.63, 3.8) is 0 Å². The molecule has 0 unspecified atom stereocenters. The first-order chi connectivity index (χ1) is 10.3. The largest absolute Gasteiger partial charge is 0.355 e. The predicted molar refractivity (Wildman–Crippen MR) is 79.8 cm³/mol. The second kappa shape index (κ2) is 6.39. The molecule has 6 heteroatoms. The molecule has 2 aromatic rings. The molecule has 0 bridgehead atoms. The van der Waals surface area contributed by atoms with Gasteiger partial charge in [-0.05, 0) is 31.0 Å². The van der Waals surface area contributed by atoms with Crippen LogP contribution in [0.2, 0.25) is 0 Å². The van der Waals surface area contributed by atoms with E-state index in [0.29, 0.717) is 0 Å². The van der Waals surface area contributed by atoms with E-state index < -0.39 is 0 Å². The second-order valence-electron chi connectivity index (χ2n) is 5.24. The highest BCUT2D eigenvalue weighted by Crippen LogP contribution is 2.17. The highest BCUT2D eigenvalue weighted by molar-refractivity contribution is 5.76. The highest BCUT2D eigenvalue weighted by Gasteiger charge is 2.22. The van der Waals surface area contributed by atoms with Crippen molar-refractivity contribution in [2.75, 3.05) is 18.0 Å². The summed E-state index contributed by atoms with van der Waals surface area (Å²) in [6, 6.07) is 7.90. The van der Waals surface area contributed by atoms with E-state index in [1.807, 2.05) is 24.3 Å². The summed E-state index contributed by atoms with van der Waals surface area (Å²) in [4.78, 5) is 18.6. The van der Waals surface area contributed by atoms with Gasteiger partial charge in [0.2, 0.25) is 5.91 Å². The number of rotatable bonds is 4. The molecular weight excluding hydrogens is 266 g/mol. The van der Waals surface area contributed by atoms with Gasteiger partial charge in [0.15, 0.2) is 0 Å². The lowest BCUT2D eigenvalue weighted by molar-refractivity contribution is -0.122. The van der Waals surface area contributed by atoms with Gasteiger partial charge in [-0.3, -0.25) is 9.48 Å². The molecular formula is C15H19N5O. The highest BCUT2D eigenvalue weighted by atomic mass is 16.2. The monoisotopic (exact) mass is 285 g/mol. The Balaban J connectivity index is 1.55. The number of nitrogens with one attached hydrogen (secondary N) is 1. The van der Waals surface area contributed by atoms with Crippen LogP contribution in [0.3, 0.4) is 0 Å². The molecule has 1 aliphatic heterocycles. The number of hydrogen-bond acceptors (Lipinski definition) is 4. The van der Waals surface area contributed by atoms with Crippen LogP contribution in [0.25, 0.3) is 0 Å². The normalized spacial score (nSPS) is 18.5. The minimum absolute atomic E-state index is 0.00608. The maximum Gasteiger partial charge on any atom is 0.242 e. The standard InChI is InChI=1S/C15H19N5O/c21-15(12-20-10-4-8-17-20)18-13-5-3-9-19(11-13)14-6-1-2-7-16-14/h1-2,4,6-8,10,13H,3,5,9,11-12H2,(H,18,21)/t13-/m0/s1. The Morgan fingerprint density at radius 2 is 2.29 bits per heavy atom. The molecule has 1 aliphatic rings. The maximum absolute atomic E-state index is 12.0. The van der Waals surface area contributed by atoms with E-state index in [4.69, 9.17) is 0 Å². The van der Waals surface area contributed by atoms with Gasteiger partial charge in [-0.25, -0.2) is 4.98 Å². The molecule has 1 N–H and O–H groups in total. The van der Waals surface area contributed by atoms with Gasteiger partial charge in [-0.1, -0.05) is 6.07 Å². The fraction of sp³-hybridized carbons (Fsp3) is 0.400. The molecule has 2 aromatic heterocycles. The molecule has 0 saturated carbocycles. The van der Waals surface area contributed by atoms with Crippen LogP contribution in [0.15, 0.2) is 42.9 Å². The van der Waals surface area contributed by atoms with E-state index in [2.05, 4.69) is 20.3 Å². The van der Waals surface area contributed by atoms with E-state index >= 15 is 0 Å². The summed E-state index contributed by atoms with van der Waals surface area (Å²) in [5.74, 6) is 0.982. The molecule has 0 aliphatic carbocycles. The van der Waals surface area contributed by atoms with Crippen LogP contribution in [-0.4, -0.2) is 39.8 Å². The number of carbonyl (C=O) groups is 1. The Bertz CT molecular complexity index is 569. The third kappa shape index (κ3) is 3.59. The molecule has 0 radical (unpaired) electrons. The van der Waals surface area contributed by atoms with Gasteiger partial charge >= 0.3 is 0 Å². The lowest BCUT2D eigenvalue weighted by Crippen LogP contribution is -2.48. The first-order valence-corrected chi connectivity index (χ1v) is 7.24. The Hall–Kier alpha value is -2.37. The molecule has 3 heterocycles. The van der Waals surface area contributed by atoms with Crippen LogP contribution in [0.4, 0.5) is 5.82 Å². The summed E-state index contributed by atoms with van der Waals surface area (Å²) in [6.07, 6.45) is 7.34. The molecule has 110 valence electrons. The number of aromatic nitrogens is 3. The van der Waals surface area contributed by atoms with Crippen molar-refractivity contribution < 1.29 is 4.79 Å². The van der Waals surface area contributed by atoms with Crippen LogP contribution in [-0.2, 0) is 11.3 Å². The number of hydrogen-bond donors (Lipinski definition) is 1. The minimum atomic E-state index is 0.00608. The van der Waals surface area contributed by atoms with E-state index in [1.54, 1.807) is 23.3 Å². The van der Waals surface area contributed by atoms with Crippen molar-refractivity contribution in [2.45, 2.75) is 25.4 Å². The van der Waals surface area contributed by atoms with Crippen molar-refractivity contribution in [2.24, 2.45) is 0 Å². The van der Waals surface area contributed by atoms with Gasteiger partial charge < -0.3 is 10.2 Å². The van der Waals surface area contributed by atoms with Crippen LogP contribution in [0.5, 0.6) is 0 Å². The fourth-order valence-corrected chi connectivity index (χ4v) is 2.66. The van der Waals surface area contributed by atoms with Crippen LogP contribution in [0, 0.1) is 0 Å². The molecule has 21 heavy (non-hydrogen) atoms. The third-order valence-corrected chi connectivity index (χ3v) is 3.62. The van der Waals surface area contributed by atoms with Crippen molar-refractivity contribution in [3.8, 4) is 0 Å². The van der Waals surface area contributed by atoms with E-state index in [0.717, 1.165) is 31.7 Å². The van der Waals surface area contributed by atoms with Crippen LogP contribution in [0.1, 0.15) is 12.8 Å². The molecule has 1 fully saturated rings. The fourth-order valence-electron chi connectivity index (χ4n) is 2.66. The van der Waals surface area contributed by atoms with Gasteiger partial charge in [0.25, 0.3) is 0 Å². The average Bonchev–Trinajstić information content (AvgIpc) is 3.01. The summed E-state index contributed by atoms with van der Waals surface area (Å²) in [5, 5.41) is 7.13. The zero-order valence-electron chi connectivity index (χ0n) is 11.9. The Kier molecular flexibility index (Phi) is 4.14. The maximum atomic E-state index is 12.0. The minimum Gasteiger partial charge on any atom is -0.355 e. The smallest absolute Gasteiger partial charge is 0.242 e. The summed E-state index contributed by atoms with van der Waals surface area (Å²) < 4.78 is 1.63. The molecule has 1 atom stereocenters. The number of pyridine rings is 1. The van der Waals surface area contributed by atoms with Gasteiger partial charge in [0.05, 0.1) is 0 Å². The van der Waals surface area contributed by atoms with Crippen molar-refractivity contribution in [1.29, 1.82) is 0 Å². The first kappa shape index (κ1) is 13.6. The zero-order valence-corrected chi connectivity index (χ0v) is 11.9. The van der Waals surface area contributed by atoms with Gasteiger partial charge in [0, 0.05) is 37.7 Å². The molecule has 1 saturated heterocycles. The van der Waals surface area contributed by atoms with Crippen molar-refractivity contribution in [1.82, 2.24) is 20.1 Å². The zero-order chi connectivity index (χ0) is 14.5. The van der Waals surface area contributed by atoms with E-state index in [1.165, 1.54) is 0 Å². The quantitative estimate of drug-likeness (QED) is 0.912. The van der Waals surface area contributed by atoms with Crippen LogP contribution < -0.4 is 10.2 Å². The second-order valence-corrected chi connectivity index (χ2v) is 5.24. The summed E-state index contributed by atoms with van der Waals surface area (Å²) in [6.45, 7) is 2.07. The number of nitrogens with zero attached hydrogens (tertiary/aromatic N) is 4. The number of amides is 1. The van der Waals surface area contributed by atoms with E-state index in [9.17, 15) is 4.79 Å². The van der Waals surface area contributed by atoms with Gasteiger partial charge in [-0.2, -0.15) is 5.10 Å². The van der Waals surface area contributed by atoms with Crippen LogP contribution >= 0.6 is 0 Å². The SMILES string of the molecule is O=C(Cn1cccn1)N[C@H]1CCCN(c2ccccn2)C1. The molecule has 0 spiro atoms. The molecule has 1 amide bonds. The first-order valence-electron chi connectivity index (χ1n) is 7.24. The predicted octanol–water partition coefficient (Wildman–Crippen LogP) is 1.06. The number of carbonyl (C=O) groups excluding carboxylic acids is 1. The summed E-state index contributed by atoms with van der Waals surface area (Å²) in [7, 11) is 0. The number of anilines is 1. The van der Waals surface area contributed by atoms with Gasteiger partial charge in [0.1, 0.15) is 12.4 Å². The lowest BCUT2D eigenvalue weighted by Gasteiger charge is -2.33. The lowest BCUT2D eigenvalue weighted by atomic mass is 10.1.